The van der Waals surface area contributed by atoms with Gasteiger partial charge in [0.25, 0.3) is 5.56 Å². The minimum Gasteiger partial charge on any atom is -0.444 e. The molecule has 0 unspecified atom stereocenters. The van der Waals surface area contributed by atoms with Crippen LogP contribution in [0.3, 0.4) is 0 Å². The SMILES string of the molecule is Cn1c(=O)c2c(nc(N3CCC[C@@H](NC(=O)OC(C)(C)C)C3)n2Cc2ccccc2Cl)c2ccc(C#N)cc21. The van der Waals surface area contributed by atoms with Crippen molar-refractivity contribution in [1.82, 2.24) is 19.4 Å². The van der Waals surface area contributed by atoms with Crippen LogP contribution in [0.4, 0.5) is 10.7 Å². The zero-order valence-corrected chi connectivity index (χ0v) is 23.2. The van der Waals surface area contributed by atoms with Gasteiger partial charge < -0.3 is 24.1 Å². The molecule has 1 aliphatic heterocycles. The van der Waals surface area contributed by atoms with E-state index in [-0.39, 0.29) is 11.6 Å². The van der Waals surface area contributed by atoms with Crippen LogP contribution >= 0.6 is 11.6 Å². The van der Waals surface area contributed by atoms with E-state index in [1.807, 2.05) is 55.7 Å². The largest absolute Gasteiger partial charge is 0.444 e. The number of amides is 1. The van der Waals surface area contributed by atoms with Crippen LogP contribution in [-0.4, -0.2) is 44.9 Å². The first-order chi connectivity index (χ1) is 18.6. The van der Waals surface area contributed by atoms with Gasteiger partial charge >= 0.3 is 6.09 Å². The molecule has 1 atom stereocenters. The Bertz CT molecular complexity index is 1680. The number of benzene rings is 2. The molecule has 202 valence electrons. The number of aromatic nitrogens is 3. The Balaban J connectivity index is 1.63. The Hall–Kier alpha value is -4.03. The van der Waals surface area contributed by atoms with Crippen molar-refractivity contribution >= 4 is 45.6 Å². The van der Waals surface area contributed by atoms with E-state index in [4.69, 9.17) is 21.3 Å². The molecule has 1 saturated heterocycles. The van der Waals surface area contributed by atoms with Crippen LogP contribution in [0.5, 0.6) is 0 Å². The van der Waals surface area contributed by atoms with Crippen molar-refractivity contribution in [2.24, 2.45) is 7.05 Å². The van der Waals surface area contributed by atoms with Gasteiger partial charge in [0.05, 0.1) is 23.7 Å². The molecule has 1 fully saturated rings. The molecule has 2 aromatic carbocycles. The molecule has 1 aliphatic rings. The molecule has 0 spiro atoms. The predicted molar refractivity (Wildman–Crippen MR) is 152 cm³/mol. The molecule has 5 rings (SSSR count). The monoisotopic (exact) mass is 546 g/mol. The number of rotatable bonds is 4. The molecule has 9 nitrogen and oxygen atoms in total. The molecule has 1 N–H and O–H groups in total. The quantitative estimate of drug-likeness (QED) is 0.388. The van der Waals surface area contributed by atoms with Gasteiger partial charge in [-0.25, -0.2) is 9.78 Å². The number of ether oxygens (including phenoxy) is 1. The molecule has 0 radical (unpaired) electrons. The molecular formula is C29H31ClN6O3. The summed E-state index contributed by atoms with van der Waals surface area (Å²) in [4.78, 5) is 33.4. The lowest BCUT2D eigenvalue weighted by Crippen LogP contribution is -2.49. The standard InChI is InChI=1S/C29H31ClN6O3/c1-29(2,3)39-28(38)32-20-9-7-13-35(17-20)27-33-24-21-12-11-18(15-31)14-23(21)34(4)26(37)25(24)36(27)16-19-8-5-6-10-22(19)30/h5-6,8,10-12,14,20H,7,9,13,16-17H2,1-4H3,(H,32,38)/t20-/m1/s1. The number of alkyl carbamates (subject to hydrolysis) is 1. The molecule has 3 heterocycles. The van der Waals surface area contributed by atoms with E-state index in [1.54, 1.807) is 23.7 Å². The smallest absolute Gasteiger partial charge is 0.407 e. The topological polar surface area (TPSA) is 105 Å². The number of hydrogen-bond donors (Lipinski definition) is 1. The molecule has 0 aliphatic carbocycles. The number of carbonyl (C=O) groups is 1. The molecule has 4 aromatic rings. The van der Waals surface area contributed by atoms with E-state index in [1.165, 1.54) is 0 Å². The predicted octanol–water partition coefficient (Wildman–Crippen LogP) is 4.96. The van der Waals surface area contributed by atoms with Gasteiger partial charge in [0.15, 0.2) is 0 Å². The molecule has 2 aromatic heterocycles. The van der Waals surface area contributed by atoms with Gasteiger partial charge in [-0.2, -0.15) is 5.26 Å². The maximum absolute atomic E-state index is 13.8. The summed E-state index contributed by atoms with van der Waals surface area (Å²) < 4.78 is 8.96. The first-order valence-corrected chi connectivity index (χ1v) is 13.3. The lowest BCUT2D eigenvalue weighted by atomic mass is 10.1. The van der Waals surface area contributed by atoms with E-state index >= 15 is 0 Å². The number of nitrogens with zero attached hydrogens (tertiary/aromatic N) is 5. The summed E-state index contributed by atoms with van der Waals surface area (Å²) in [6.45, 7) is 7.09. The number of hydrogen-bond acceptors (Lipinski definition) is 6. The number of pyridine rings is 1. The van der Waals surface area contributed by atoms with Crippen molar-refractivity contribution in [2.75, 3.05) is 18.0 Å². The first kappa shape index (κ1) is 26.6. The highest BCUT2D eigenvalue weighted by molar-refractivity contribution is 6.31. The highest BCUT2D eigenvalue weighted by Gasteiger charge is 2.29. The van der Waals surface area contributed by atoms with Crippen molar-refractivity contribution in [3.05, 3.63) is 69.0 Å². The van der Waals surface area contributed by atoms with Crippen LogP contribution in [-0.2, 0) is 18.3 Å². The Kier molecular flexibility index (Phi) is 7.00. The molecule has 0 bridgehead atoms. The van der Waals surface area contributed by atoms with Gasteiger partial charge in [-0.05, 0) is 63.4 Å². The van der Waals surface area contributed by atoms with E-state index in [0.717, 1.165) is 30.3 Å². The summed E-state index contributed by atoms with van der Waals surface area (Å²) in [7, 11) is 1.71. The normalized spacial score (nSPS) is 15.9. The average molecular weight is 547 g/mol. The second kappa shape index (κ2) is 10.3. The second-order valence-electron chi connectivity index (χ2n) is 10.9. The number of aryl methyl sites for hydroxylation is 1. The van der Waals surface area contributed by atoms with Gasteiger partial charge in [0, 0.05) is 36.6 Å². The highest BCUT2D eigenvalue weighted by Crippen LogP contribution is 2.31. The number of anilines is 1. The number of imidazole rings is 1. The number of fused-ring (bicyclic) bond motifs is 3. The third kappa shape index (κ3) is 5.30. The number of halogens is 1. The minimum atomic E-state index is -0.589. The number of piperidine rings is 1. The Labute approximate surface area is 231 Å². The van der Waals surface area contributed by atoms with Crippen molar-refractivity contribution in [1.29, 1.82) is 5.26 Å². The maximum atomic E-state index is 13.8. The third-order valence-corrected chi connectivity index (χ3v) is 7.28. The Morgan fingerprint density at radius 3 is 2.74 bits per heavy atom. The van der Waals surface area contributed by atoms with Gasteiger partial charge in [-0.3, -0.25) is 4.79 Å². The maximum Gasteiger partial charge on any atom is 0.407 e. The summed E-state index contributed by atoms with van der Waals surface area (Å²) in [5.74, 6) is 0.634. The molecule has 10 heteroatoms. The van der Waals surface area contributed by atoms with E-state index < -0.39 is 11.7 Å². The van der Waals surface area contributed by atoms with Crippen LogP contribution < -0.4 is 15.8 Å². The van der Waals surface area contributed by atoms with Crippen molar-refractivity contribution in [3.63, 3.8) is 0 Å². The van der Waals surface area contributed by atoms with Gasteiger partial charge in [-0.1, -0.05) is 29.8 Å². The van der Waals surface area contributed by atoms with Crippen LogP contribution in [0.15, 0.2) is 47.3 Å². The van der Waals surface area contributed by atoms with Crippen molar-refractivity contribution < 1.29 is 9.53 Å². The van der Waals surface area contributed by atoms with Crippen molar-refractivity contribution in [2.45, 2.75) is 51.8 Å². The summed E-state index contributed by atoms with van der Waals surface area (Å²) >= 11 is 6.54. The highest BCUT2D eigenvalue weighted by atomic mass is 35.5. The summed E-state index contributed by atoms with van der Waals surface area (Å²) in [6.07, 6.45) is 1.19. The second-order valence-corrected chi connectivity index (χ2v) is 11.3. The fourth-order valence-electron chi connectivity index (χ4n) is 5.13. The van der Waals surface area contributed by atoms with E-state index in [0.29, 0.717) is 46.2 Å². The number of nitriles is 1. The molecule has 39 heavy (non-hydrogen) atoms. The Morgan fingerprint density at radius 1 is 1.26 bits per heavy atom. The van der Waals surface area contributed by atoms with Crippen LogP contribution in [0.1, 0.15) is 44.7 Å². The zero-order valence-electron chi connectivity index (χ0n) is 22.5. The number of carbonyl (C=O) groups excluding carboxylic acids is 1. The lowest BCUT2D eigenvalue weighted by molar-refractivity contribution is 0.0499. The van der Waals surface area contributed by atoms with Gasteiger partial charge in [-0.15, -0.1) is 0 Å². The Morgan fingerprint density at radius 2 is 2.03 bits per heavy atom. The fraction of sp³-hybridized carbons (Fsp3) is 0.379. The minimum absolute atomic E-state index is 0.139. The lowest BCUT2D eigenvalue weighted by Gasteiger charge is -2.34. The molecule has 1 amide bonds. The average Bonchev–Trinajstić information content (AvgIpc) is 3.26. The van der Waals surface area contributed by atoms with Gasteiger partial charge in [0.1, 0.15) is 16.6 Å². The molecular weight excluding hydrogens is 516 g/mol. The van der Waals surface area contributed by atoms with Crippen molar-refractivity contribution in [3.8, 4) is 6.07 Å². The van der Waals surface area contributed by atoms with Gasteiger partial charge in [0.2, 0.25) is 5.95 Å². The summed E-state index contributed by atoms with van der Waals surface area (Å²) in [6, 6.07) is 14.9. The molecule has 0 saturated carbocycles. The van der Waals surface area contributed by atoms with Crippen LogP contribution in [0.2, 0.25) is 5.02 Å². The summed E-state index contributed by atoms with van der Waals surface area (Å²) in [5.41, 5.74) is 2.21. The fourth-order valence-corrected chi connectivity index (χ4v) is 5.33. The summed E-state index contributed by atoms with van der Waals surface area (Å²) in [5, 5.41) is 13.8. The van der Waals surface area contributed by atoms with Crippen LogP contribution in [0.25, 0.3) is 21.9 Å². The number of nitrogens with one attached hydrogen (secondary N) is 1. The van der Waals surface area contributed by atoms with E-state index in [2.05, 4.69) is 16.3 Å². The van der Waals surface area contributed by atoms with E-state index in [9.17, 15) is 14.9 Å². The zero-order chi connectivity index (χ0) is 27.9. The third-order valence-electron chi connectivity index (χ3n) is 6.91. The first-order valence-electron chi connectivity index (χ1n) is 13.0. The van der Waals surface area contributed by atoms with Crippen LogP contribution in [0, 0.1) is 11.3 Å².